The highest BCUT2D eigenvalue weighted by molar-refractivity contribution is 5.89. The Morgan fingerprint density at radius 1 is 1.47 bits per heavy atom. The SMILES string of the molecule is CN(C)CCCOc1cc(C(=O)O)ccc1N. The van der Waals surface area contributed by atoms with Crippen LogP contribution in [0.4, 0.5) is 5.69 Å². The van der Waals surface area contributed by atoms with Crippen LogP contribution in [-0.4, -0.2) is 43.2 Å². The summed E-state index contributed by atoms with van der Waals surface area (Å²) in [4.78, 5) is 12.8. The number of carbonyl (C=O) groups is 1. The van der Waals surface area contributed by atoms with E-state index in [9.17, 15) is 4.79 Å². The van der Waals surface area contributed by atoms with Gasteiger partial charge in [-0.1, -0.05) is 0 Å². The quantitative estimate of drug-likeness (QED) is 0.577. The number of carboxylic acids is 1. The van der Waals surface area contributed by atoms with Crippen LogP contribution in [0.2, 0.25) is 0 Å². The lowest BCUT2D eigenvalue weighted by molar-refractivity contribution is 0.0696. The van der Waals surface area contributed by atoms with E-state index in [4.69, 9.17) is 15.6 Å². The molecule has 1 aromatic carbocycles. The van der Waals surface area contributed by atoms with Crippen LogP contribution in [0.3, 0.4) is 0 Å². The third-order valence-electron chi connectivity index (χ3n) is 2.27. The maximum atomic E-state index is 10.8. The monoisotopic (exact) mass is 238 g/mol. The summed E-state index contributed by atoms with van der Waals surface area (Å²) in [6.45, 7) is 1.43. The number of aromatic carboxylic acids is 1. The molecule has 0 spiro atoms. The zero-order valence-corrected chi connectivity index (χ0v) is 10.1. The summed E-state index contributed by atoms with van der Waals surface area (Å²) in [5.74, 6) is -0.549. The Kier molecular flexibility index (Phi) is 4.78. The molecule has 0 saturated heterocycles. The molecule has 0 aliphatic carbocycles. The second-order valence-corrected chi connectivity index (χ2v) is 4.06. The van der Waals surface area contributed by atoms with E-state index in [1.165, 1.54) is 12.1 Å². The fraction of sp³-hybridized carbons (Fsp3) is 0.417. The number of benzene rings is 1. The summed E-state index contributed by atoms with van der Waals surface area (Å²) >= 11 is 0. The predicted molar refractivity (Wildman–Crippen MR) is 66.5 cm³/mol. The van der Waals surface area contributed by atoms with Gasteiger partial charge in [-0.2, -0.15) is 0 Å². The molecule has 0 heterocycles. The highest BCUT2D eigenvalue weighted by Crippen LogP contribution is 2.22. The predicted octanol–water partition coefficient (Wildman–Crippen LogP) is 1.30. The largest absolute Gasteiger partial charge is 0.491 e. The van der Waals surface area contributed by atoms with Gasteiger partial charge in [-0.05, 0) is 38.7 Å². The average Bonchev–Trinajstić information content (AvgIpc) is 2.25. The summed E-state index contributed by atoms with van der Waals surface area (Å²) in [6.07, 6.45) is 0.865. The van der Waals surface area contributed by atoms with Gasteiger partial charge >= 0.3 is 5.97 Å². The van der Waals surface area contributed by atoms with E-state index < -0.39 is 5.97 Å². The molecule has 0 aliphatic heterocycles. The standard InChI is InChI=1S/C12H18N2O3/c1-14(2)6-3-7-17-11-8-9(12(15)16)4-5-10(11)13/h4-5,8H,3,6-7,13H2,1-2H3,(H,15,16). The first-order valence-electron chi connectivity index (χ1n) is 5.41. The van der Waals surface area contributed by atoms with Gasteiger partial charge in [0.1, 0.15) is 5.75 Å². The van der Waals surface area contributed by atoms with Gasteiger partial charge in [0.05, 0.1) is 17.9 Å². The minimum absolute atomic E-state index is 0.182. The first-order valence-corrected chi connectivity index (χ1v) is 5.41. The number of hydrogen-bond donors (Lipinski definition) is 2. The molecule has 0 unspecified atom stereocenters. The van der Waals surface area contributed by atoms with E-state index in [1.807, 2.05) is 14.1 Å². The van der Waals surface area contributed by atoms with Crippen molar-refractivity contribution >= 4 is 11.7 Å². The van der Waals surface area contributed by atoms with E-state index in [-0.39, 0.29) is 5.56 Å². The molecule has 94 valence electrons. The van der Waals surface area contributed by atoms with Crippen molar-refractivity contribution in [3.05, 3.63) is 23.8 Å². The molecule has 1 aromatic rings. The average molecular weight is 238 g/mol. The van der Waals surface area contributed by atoms with Crippen LogP contribution in [-0.2, 0) is 0 Å². The van der Waals surface area contributed by atoms with Crippen LogP contribution >= 0.6 is 0 Å². The molecule has 5 heteroatoms. The number of nitrogens with zero attached hydrogens (tertiary/aromatic N) is 1. The molecule has 0 aromatic heterocycles. The fourth-order valence-electron chi connectivity index (χ4n) is 1.36. The van der Waals surface area contributed by atoms with E-state index in [0.29, 0.717) is 18.0 Å². The summed E-state index contributed by atoms with van der Waals surface area (Å²) < 4.78 is 5.46. The third kappa shape index (κ3) is 4.32. The minimum Gasteiger partial charge on any atom is -0.491 e. The Balaban J connectivity index is 2.57. The molecule has 17 heavy (non-hydrogen) atoms. The zero-order valence-electron chi connectivity index (χ0n) is 10.1. The second-order valence-electron chi connectivity index (χ2n) is 4.06. The highest BCUT2D eigenvalue weighted by atomic mass is 16.5. The zero-order chi connectivity index (χ0) is 12.8. The summed E-state index contributed by atoms with van der Waals surface area (Å²) in [5.41, 5.74) is 6.34. The van der Waals surface area contributed by atoms with Gasteiger partial charge in [-0.15, -0.1) is 0 Å². The first kappa shape index (κ1) is 13.3. The molecular weight excluding hydrogens is 220 g/mol. The van der Waals surface area contributed by atoms with Crippen molar-refractivity contribution in [2.24, 2.45) is 0 Å². The van der Waals surface area contributed by atoms with Crippen LogP contribution in [0.25, 0.3) is 0 Å². The van der Waals surface area contributed by atoms with Gasteiger partial charge in [-0.3, -0.25) is 0 Å². The van der Waals surface area contributed by atoms with Crippen LogP contribution in [0, 0.1) is 0 Å². The summed E-state index contributed by atoms with van der Waals surface area (Å²) in [6, 6.07) is 4.46. The van der Waals surface area contributed by atoms with Gasteiger partial charge in [-0.25, -0.2) is 4.79 Å². The molecule has 0 fully saturated rings. The fourth-order valence-corrected chi connectivity index (χ4v) is 1.36. The molecule has 0 amide bonds. The minimum atomic E-state index is -0.983. The first-order chi connectivity index (χ1) is 8.00. The number of rotatable bonds is 6. The van der Waals surface area contributed by atoms with Crippen molar-refractivity contribution in [2.75, 3.05) is 33.0 Å². The molecule has 0 atom stereocenters. The van der Waals surface area contributed by atoms with Gasteiger partial charge in [0.25, 0.3) is 0 Å². The lowest BCUT2D eigenvalue weighted by Gasteiger charge is -2.12. The van der Waals surface area contributed by atoms with Crippen molar-refractivity contribution < 1.29 is 14.6 Å². The molecule has 0 saturated carbocycles. The van der Waals surface area contributed by atoms with Crippen LogP contribution in [0.5, 0.6) is 5.75 Å². The molecule has 0 radical (unpaired) electrons. The van der Waals surface area contributed by atoms with E-state index >= 15 is 0 Å². The molecule has 3 N–H and O–H groups in total. The highest BCUT2D eigenvalue weighted by Gasteiger charge is 2.07. The van der Waals surface area contributed by atoms with Crippen LogP contribution in [0.1, 0.15) is 16.8 Å². The topological polar surface area (TPSA) is 75.8 Å². The normalized spacial score (nSPS) is 10.5. The van der Waals surface area contributed by atoms with Gasteiger partial charge in [0, 0.05) is 6.54 Å². The number of carboxylic acid groups (broad SMARTS) is 1. The molecule has 0 aliphatic rings. The van der Waals surface area contributed by atoms with Crippen LogP contribution < -0.4 is 10.5 Å². The van der Waals surface area contributed by atoms with E-state index in [1.54, 1.807) is 6.07 Å². The van der Waals surface area contributed by atoms with Gasteiger partial charge in [0.15, 0.2) is 0 Å². The number of anilines is 1. The number of ether oxygens (including phenoxy) is 1. The number of nitrogens with two attached hydrogens (primary N) is 1. The van der Waals surface area contributed by atoms with Crippen molar-refractivity contribution in [1.29, 1.82) is 0 Å². The van der Waals surface area contributed by atoms with Crippen molar-refractivity contribution in [3.8, 4) is 5.75 Å². The maximum absolute atomic E-state index is 10.8. The second kappa shape index (κ2) is 6.10. The van der Waals surface area contributed by atoms with Crippen molar-refractivity contribution in [2.45, 2.75) is 6.42 Å². The number of hydrogen-bond acceptors (Lipinski definition) is 4. The molecule has 0 bridgehead atoms. The Labute approximate surface area is 101 Å². The van der Waals surface area contributed by atoms with Crippen LogP contribution in [0.15, 0.2) is 18.2 Å². The van der Waals surface area contributed by atoms with Crippen molar-refractivity contribution in [1.82, 2.24) is 4.90 Å². The van der Waals surface area contributed by atoms with E-state index in [2.05, 4.69) is 4.90 Å². The van der Waals surface area contributed by atoms with Gasteiger partial charge in [0.2, 0.25) is 0 Å². The lowest BCUT2D eigenvalue weighted by atomic mass is 10.2. The third-order valence-corrected chi connectivity index (χ3v) is 2.27. The Morgan fingerprint density at radius 2 is 2.18 bits per heavy atom. The van der Waals surface area contributed by atoms with E-state index in [0.717, 1.165) is 13.0 Å². The van der Waals surface area contributed by atoms with Gasteiger partial charge < -0.3 is 20.5 Å². The molecule has 5 nitrogen and oxygen atoms in total. The maximum Gasteiger partial charge on any atom is 0.335 e. The Morgan fingerprint density at radius 3 is 2.76 bits per heavy atom. The van der Waals surface area contributed by atoms with Crippen molar-refractivity contribution in [3.63, 3.8) is 0 Å². The molecular formula is C12H18N2O3. The lowest BCUT2D eigenvalue weighted by Crippen LogP contribution is -2.15. The molecule has 1 rings (SSSR count). The summed E-state index contributed by atoms with van der Waals surface area (Å²) in [7, 11) is 3.97. The Bertz CT molecular complexity index is 391. The smallest absolute Gasteiger partial charge is 0.335 e. The summed E-state index contributed by atoms with van der Waals surface area (Å²) in [5, 5.41) is 8.84. The Hall–Kier alpha value is -1.75. The number of nitrogen functional groups attached to an aromatic ring is 1.